The van der Waals surface area contributed by atoms with Gasteiger partial charge in [-0.05, 0) is 72.9 Å². The molecule has 0 bridgehead atoms. The van der Waals surface area contributed by atoms with Gasteiger partial charge in [-0.3, -0.25) is 4.79 Å². The van der Waals surface area contributed by atoms with Gasteiger partial charge in [0.2, 0.25) is 0 Å². The van der Waals surface area contributed by atoms with E-state index < -0.39 is 23.6 Å². The molecular weight excluding hydrogens is 419 g/mol. The molecule has 0 saturated heterocycles. The predicted molar refractivity (Wildman–Crippen MR) is 115 cm³/mol. The lowest BCUT2D eigenvalue weighted by molar-refractivity contribution is 0.0923. The molecule has 0 fully saturated rings. The molecule has 2 heterocycles. The molecule has 0 spiro atoms. The Morgan fingerprint density at radius 2 is 1.91 bits per heavy atom. The number of fused-ring (bicyclic) bond motifs is 1. The van der Waals surface area contributed by atoms with E-state index in [9.17, 15) is 23.1 Å². The van der Waals surface area contributed by atoms with Gasteiger partial charge in [0.25, 0.3) is 5.91 Å². The first-order valence-electron chi connectivity index (χ1n) is 10.3. The summed E-state index contributed by atoms with van der Waals surface area (Å²) in [4.78, 5) is 19.0. The summed E-state index contributed by atoms with van der Waals surface area (Å²) < 4.78 is 40.3. The number of anilines is 2. The molecule has 0 aliphatic carbocycles. The van der Waals surface area contributed by atoms with Gasteiger partial charge < -0.3 is 15.3 Å². The highest BCUT2D eigenvalue weighted by atomic mass is 19.2. The largest absolute Gasteiger partial charge is 0.392 e. The lowest BCUT2D eigenvalue weighted by atomic mass is 10.0. The van der Waals surface area contributed by atoms with Gasteiger partial charge in [-0.25, -0.2) is 18.2 Å². The minimum atomic E-state index is -1.48. The van der Waals surface area contributed by atoms with Crippen LogP contribution in [0.1, 0.15) is 34.0 Å². The average molecular weight is 441 g/mol. The second-order valence-electron chi connectivity index (χ2n) is 7.84. The Morgan fingerprint density at radius 3 is 2.62 bits per heavy atom. The van der Waals surface area contributed by atoms with Crippen molar-refractivity contribution in [1.29, 1.82) is 0 Å². The Balaban J connectivity index is 1.58. The number of rotatable bonds is 6. The number of nitrogens with one attached hydrogen (secondary N) is 1. The van der Waals surface area contributed by atoms with Gasteiger partial charge in [0.15, 0.2) is 17.5 Å². The number of aromatic nitrogens is 1. The molecule has 0 saturated carbocycles. The molecule has 1 aliphatic rings. The molecule has 3 aromatic rings. The van der Waals surface area contributed by atoms with Crippen molar-refractivity contribution in [2.24, 2.45) is 0 Å². The van der Waals surface area contributed by atoms with E-state index in [-0.39, 0.29) is 18.9 Å². The van der Waals surface area contributed by atoms with Crippen molar-refractivity contribution < 1.29 is 23.1 Å². The summed E-state index contributed by atoms with van der Waals surface area (Å²) in [6.07, 6.45) is 1.83. The van der Waals surface area contributed by atoms with E-state index in [1.807, 2.05) is 17.0 Å². The van der Waals surface area contributed by atoms with Crippen LogP contribution in [-0.2, 0) is 12.8 Å². The SMILES string of the molecule is C[C@@H](O)CNC(=O)c1cccc2c1CCN2c1cc(Cc2cc(F)c(F)c(F)c2)ccn1. The van der Waals surface area contributed by atoms with E-state index in [0.29, 0.717) is 29.9 Å². The van der Waals surface area contributed by atoms with Crippen LogP contribution in [0, 0.1) is 17.5 Å². The normalized spacial score (nSPS) is 13.7. The fraction of sp³-hybridized carbons (Fsp3) is 0.250. The van der Waals surface area contributed by atoms with Crippen LogP contribution in [0.25, 0.3) is 0 Å². The van der Waals surface area contributed by atoms with Gasteiger partial charge in [0.1, 0.15) is 5.82 Å². The molecule has 32 heavy (non-hydrogen) atoms. The molecular formula is C24H22F3N3O2. The second-order valence-corrected chi connectivity index (χ2v) is 7.84. The van der Waals surface area contributed by atoms with E-state index in [2.05, 4.69) is 10.3 Å². The van der Waals surface area contributed by atoms with Gasteiger partial charge in [-0.15, -0.1) is 0 Å². The first-order valence-corrected chi connectivity index (χ1v) is 10.3. The summed E-state index contributed by atoms with van der Waals surface area (Å²) in [6, 6.07) is 11.0. The molecule has 0 radical (unpaired) electrons. The third kappa shape index (κ3) is 4.45. The van der Waals surface area contributed by atoms with Gasteiger partial charge >= 0.3 is 0 Å². The fourth-order valence-electron chi connectivity index (χ4n) is 3.88. The van der Waals surface area contributed by atoms with E-state index in [1.54, 1.807) is 31.3 Å². The maximum Gasteiger partial charge on any atom is 0.251 e. The van der Waals surface area contributed by atoms with Gasteiger partial charge in [-0.2, -0.15) is 0 Å². The van der Waals surface area contributed by atoms with Crippen molar-refractivity contribution in [3.8, 4) is 0 Å². The summed E-state index contributed by atoms with van der Waals surface area (Å²) in [5.74, 6) is -3.52. The predicted octanol–water partition coefficient (Wildman–Crippen LogP) is 3.89. The third-order valence-electron chi connectivity index (χ3n) is 5.37. The molecule has 4 rings (SSSR count). The minimum absolute atomic E-state index is 0.167. The van der Waals surface area contributed by atoms with E-state index >= 15 is 0 Å². The van der Waals surface area contributed by atoms with Crippen LogP contribution in [0.5, 0.6) is 0 Å². The Hall–Kier alpha value is -3.39. The first kappa shape index (κ1) is 21.8. The summed E-state index contributed by atoms with van der Waals surface area (Å²) >= 11 is 0. The van der Waals surface area contributed by atoms with Crippen molar-refractivity contribution >= 4 is 17.4 Å². The number of hydrogen-bond donors (Lipinski definition) is 2. The fourth-order valence-corrected chi connectivity index (χ4v) is 3.88. The molecule has 5 nitrogen and oxygen atoms in total. The molecule has 2 aromatic carbocycles. The summed E-state index contributed by atoms with van der Waals surface area (Å²) in [6.45, 7) is 2.39. The molecule has 8 heteroatoms. The number of pyridine rings is 1. The third-order valence-corrected chi connectivity index (χ3v) is 5.37. The van der Waals surface area contributed by atoms with Crippen LogP contribution in [0.2, 0.25) is 0 Å². The van der Waals surface area contributed by atoms with Crippen LogP contribution in [0.4, 0.5) is 24.7 Å². The van der Waals surface area contributed by atoms with Crippen molar-refractivity contribution in [2.45, 2.75) is 25.9 Å². The zero-order chi connectivity index (χ0) is 22.8. The topological polar surface area (TPSA) is 65.5 Å². The van der Waals surface area contributed by atoms with E-state index in [4.69, 9.17) is 0 Å². The smallest absolute Gasteiger partial charge is 0.251 e. The molecule has 2 N–H and O–H groups in total. The molecule has 166 valence electrons. The Labute approximate surface area is 183 Å². The number of carbonyl (C=O) groups is 1. The number of benzene rings is 2. The van der Waals surface area contributed by atoms with Gasteiger partial charge in [-0.1, -0.05) is 6.07 Å². The van der Waals surface area contributed by atoms with Crippen LogP contribution in [0.3, 0.4) is 0 Å². The highest BCUT2D eigenvalue weighted by Crippen LogP contribution is 2.36. The summed E-state index contributed by atoms with van der Waals surface area (Å²) in [7, 11) is 0. The summed E-state index contributed by atoms with van der Waals surface area (Å²) in [5.41, 5.74) is 3.39. The van der Waals surface area contributed by atoms with Crippen molar-refractivity contribution in [3.63, 3.8) is 0 Å². The zero-order valence-electron chi connectivity index (χ0n) is 17.4. The van der Waals surface area contributed by atoms with Crippen LogP contribution >= 0.6 is 0 Å². The van der Waals surface area contributed by atoms with Crippen molar-refractivity contribution in [2.75, 3.05) is 18.0 Å². The van der Waals surface area contributed by atoms with Crippen molar-refractivity contribution in [1.82, 2.24) is 10.3 Å². The maximum absolute atomic E-state index is 13.6. The number of nitrogens with zero attached hydrogens (tertiary/aromatic N) is 2. The molecule has 1 aromatic heterocycles. The Morgan fingerprint density at radius 1 is 1.16 bits per heavy atom. The summed E-state index contributed by atoms with van der Waals surface area (Å²) in [5, 5.41) is 12.1. The lowest BCUT2D eigenvalue weighted by Crippen LogP contribution is -2.31. The second kappa shape index (κ2) is 9.00. The quantitative estimate of drug-likeness (QED) is 0.570. The standard InChI is InChI=1S/C24H22F3N3O2/c1-14(31)13-29-24(32)18-3-2-4-21-17(18)6-8-30(21)22-12-15(5-7-28-22)9-16-10-19(25)23(27)20(26)11-16/h2-5,7,10-12,14,31H,6,8-9,13H2,1H3,(H,29,32)/t14-/m1/s1. The van der Waals surface area contributed by atoms with E-state index in [1.165, 1.54) is 0 Å². The molecule has 1 aliphatic heterocycles. The van der Waals surface area contributed by atoms with Gasteiger partial charge in [0.05, 0.1) is 6.10 Å². The molecule has 1 amide bonds. The maximum atomic E-state index is 13.6. The molecule has 1 atom stereocenters. The number of aliphatic hydroxyl groups excluding tert-OH is 1. The minimum Gasteiger partial charge on any atom is -0.392 e. The average Bonchev–Trinajstić information content (AvgIpc) is 3.20. The number of aliphatic hydroxyl groups is 1. The lowest BCUT2D eigenvalue weighted by Gasteiger charge is -2.19. The number of carbonyl (C=O) groups excluding carboxylic acids is 1. The first-order chi connectivity index (χ1) is 15.3. The van der Waals surface area contributed by atoms with Gasteiger partial charge in [0, 0.05) is 30.5 Å². The van der Waals surface area contributed by atoms with Crippen LogP contribution in [-0.4, -0.2) is 35.2 Å². The zero-order valence-corrected chi connectivity index (χ0v) is 17.4. The highest BCUT2D eigenvalue weighted by molar-refractivity contribution is 5.98. The number of hydrogen-bond acceptors (Lipinski definition) is 4. The van der Waals surface area contributed by atoms with E-state index in [0.717, 1.165) is 28.9 Å². The highest BCUT2D eigenvalue weighted by Gasteiger charge is 2.26. The number of halogens is 3. The Bertz CT molecular complexity index is 1140. The van der Waals surface area contributed by atoms with Crippen LogP contribution in [0.15, 0.2) is 48.7 Å². The monoisotopic (exact) mass is 441 g/mol. The van der Waals surface area contributed by atoms with Crippen molar-refractivity contribution in [3.05, 3.63) is 88.4 Å². The molecule has 0 unspecified atom stereocenters. The van der Waals surface area contributed by atoms with Crippen LogP contribution < -0.4 is 10.2 Å². The number of amides is 1. The Kier molecular flexibility index (Phi) is 6.14.